The van der Waals surface area contributed by atoms with E-state index in [0.29, 0.717) is 5.92 Å². The minimum atomic E-state index is 0.0305. The van der Waals surface area contributed by atoms with E-state index >= 15 is 0 Å². The average Bonchev–Trinajstić information content (AvgIpc) is 2.91. The topological polar surface area (TPSA) is 37.5 Å². The minimum Gasteiger partial charge on any atom is -0.390 e. The van der Waals surface area contributed by atoms with Gasteiger partial charge in [0.2, 0.25) is 0 Å². The Morgan fingerprint density at radius 1 is 1.22 bits per heavy atom. The van der Waals surface area contributed by atoms with Gasteiger partial charge in [-0.2, -0.15) is 0 Å². The molecule has 2 heterocycles. The smallest absolute Gasteiger partial charge is 0.140 e. The third-order valence-electron chi connectivity index (χ3n) is 5.14. The monoisotopic (exact) mass is 306 g/mol. The van der Waals surface area contributed by atoms with E-state index < -0.39 is 0 Å². The quantitative estimate of drug-likeness (QED) is 0.799. The highest BCUT2D eigenvalue weighted by Crippen LogP contribution is 2.34. The van der Waals surface area contributed by atoms with E-state index in [0.717, 1.165) is 23.5 Å². The molecular weight excluding hydrogens is 284 g/mol. The van der Waals surface area contributed by atoms with Crippen molar-refractivity contribution in [1.82, 2.24) is 9.38 Å². The zero-order valence-corrected chi connectivity index (χ0v) is 13.5. The van der Waals surface area contributed by atoms with Crippen LogP contribution in [0, 0.1) is 6.92 Å². The first-order chi connectivity index (χ1) is 11.3. The summed E-state index contributed by atoms with van der Waals surface area (Å²) in [5.74, 6) is 0.570. The van der Waals surface area contributed by atoms with Gasteiger partial charge in [0.15, 0.2) is 0 Å². The average molecular weight is 306 g/mol. The first-order valence-electron chi connectivity index (χ1n) is 8.42. The van der Waals surface area contributed by atoms with Gasteiger partial charge >= 0.3 is 0 Å². The molecule has 0 radical (unpaired) electrons. The van der Waals surface area contributed by atoms with E-state index in [1.807, 2.05) is 17.5 Å². The number of pyridine rings is 1. The molecule has 1 aliphatic carbocycles. The van der Waals surface area contributed by atoms with Crippen molar-refractivity contribution in [1.29, 1.82) is 0 Å². The Bertz CT molecular complexity index is 850. The molecule has 3 nitrogen and oxygen atoms in total. The molecule has 1 aromatic carbocycles. The third-order valence-corrected chi connectivity index (χ3v) is 5.14. The lowest BCUT2D eigenvalue weighted by molar-refractivity contribution is 0.275. The predicted octanol–water partition coefficient (Wildman–Crippen LogP) is 3.80. The lowest BCUT2D eigenvalue weighted by Gasteiger charge is -2.25. The number of aliphatic hydroxyl groups excluding tert-OH is 1. The van der Waals surface area contributed by atoms with Crippen molar-refractivity contribution in [3.8, 4) is 0 Å². The summed E-state index contributed by atoms with van der Waals surface area (Å²) in [6.45, 7) is 2.00. The molecule has 1 aliphatic rings. The number of nitrogens with zero attached hydrogens (tertiary/aromatic N) is 2. The molecule has 0 bridgehead atoms. The van der Waals surface area contributed by atoms with Gasteiger partial charge in [-0.05, 0) is 61.3 Å². The summed E-state index contributed by atoms with van der Waals surface area (Å²) in [6, 6.07) is 13.1. The molecular formula is C20H22N2O. The van der Waals surface area contributed by atoms with Crippen molar-refractivity contribution in [2.75, 3.05) is 0 Å². The van der Waals surface area contributed by atoms with Crippen LogP contribution in [0.1, 0.15) is 46.8 Å². The highest BCUT2D eigenvalue weighted by Gasteiger charge is 2.21. The molecule has 1 N–H and O–H groups in total. The standard InChI is InChI=1S/C20H22N2O/c1-14-19(13-23)22-11-5-9-17(20(22)21-14)12-16-8-4-7-15-6-2-3-10-18(15)16/h2-3,5-6,9-11,16,23H,4,7-8,12-13H2,1H3. The van der Waals surface area contributed by atoms with Gasteiger partial charge in [-0.25, -0.2) is 4.98 Å². The summed E-state index contributed by atoms with van der Waals surface area (Å²) in [5, 5.41) is 9.59. The molecule has 4 rings (SSSR count). The molecule has 3 heteroatoms. The van der Waals surface area contributed by atoms with Crippen molar-refractivity contribution in [2.45, 2.75) is 45.1 Å². The summed E-state index contributed by atoms with van der Waals surface area (Å²) >= 11 is 0. The lowest BCUT2D eigenvalue weighted by atomic mass is 9.80. The van der Waals surface area contributed by atoms with Gasteiger partial charge in [0.25, 0.3) is 0 Å². The van der Waals surface area contributed by atoms with Gasteiger partial charge in [-0.1, -0.05) is 30.3 Å². The second kappa shape index (κ2) is 5.82. The van der Waals surface area contributed by atoms with E-state index in [2.05, 4.69) is 36.4 Å². The van der Waals surface area contributed by atoms with E-state index in [1.54, 1.807) is 0 Å². The fraction of sp³-hybridized carbons (Fsp3) is 0.350. The molecule has 3 aromatic rings. The normalized spacial score (nSPS) is 17.4. The van der Waals surface area contributed by atoms with Crippen LogP contribution < -0.4 is 0 Å². The highest BCUT2D eigenvalue weighted by atomic mass is 16.3. The maximum absolute atomic E-state index is 9.59. The molecule has 0 aliphatic heterocycles. The van der Waals surface area contributed by atoms with Gasteiger partial charge < -0.3 is 9.51 Å². The van der Waals surface area contributed by atoms with Crippen LogP contribution in [0.5, 0.6) is 0 Å². The molecule has 23 heavy (non-hydrogen) atoms. The van der Waals surface area contributed by atoms with Crippen LogP contribution in [-0.2, 0) is 19.4 Å². The second-order valence-corrected chi connectivity index (χ2v) is 6.52. The number of fused-ring (bicyclic) bond motifs is 2. The number of rotatable bonds is 3. The number of aromatic nitrogens is 2. The number of hydrogen-bond acceptors (Lipinski definition) is 2. The van der Waals surface area contributed by atoms with Crippen LogP contribution in [0.15, 0.2) is 42.6 Å². The minimum absolute atomic E-state index is 0.0305. The molecule has 2 aromatic heterocycles. The molecule has 118 valence electrons. The largest absolute Gasteiger partial charge is 0.390 e. The first-order valence-corrected chi connectivity index (χ1v) is 8.42. The Morgan fingerprint density at radius 3 is 2.96 bits per heavy atom. The highest BCUT2D eigenvalue weighted by molar-refractivity contribution is 5.52. The molecule has 0 amide bonds. The van der Waals surface area contributed by atoms with Crippen LogP contribution in [0.4, 0.5) is 0 Å². The van der Waals surface area contributed by atoms with Crippen molar-refractivity contribution in [2.24, 2.45) is 0 Å². The van der Waals surface area contributed by atoms with E-state index in [4.69, 9.17) is 4.98 Å². The molecule has 1 unspecified atom stereocenters. The molecule has 0 fully saturated rings. The summed E-state index contributed by atoms with van der Waals surface area (Å²) in [5.41, 5.74) is 7.10. The van der Waals surface area contributed by atoms with Gasteiger partial charge in [0, 0.05) is 6.20 Å². The lowest BCUT2D eigenvalue weighted by Crippen LogP contribution is -2.12. The van der Waals surface area contributed by atoms with E-state index in [9.17, 15) is 5.11 Å². The Balaban J connectivity index is 1.74. The molecule has 0 saturated heterocycles. The number of benzene rings is 1. The van der Waals surface area contributed by atoms with Crippen molar-refractivity contribution >= 4 is 5.65 Å². The van der Waals surface area contributed by atoms with Crippen molar-refractivity contribution < 1.29 is 5.11 Å². The van der Waals surface area contributed by atoms with Crippen LogP contribution >= 0.6 is 0 Å². The molecule has 0 saturated carbocycles. The summed E-state index contributed by atoms with van der Waals surface area (Å²) in [7, 11) is 0. The maximum Gasteiger partial charge on any atom is 0.140 e. The molecule has 0 spiro atoms. The third kappa shape index (κ3) is 2.45. The number of aliphatic hydroxyl groups is 1. The second-order valence-electron chi connectivity index (χ2n) is 6.52. The maximum atomic E-state index is 9.59. The van der Waals surface area contributed by atoms with Crippen molar-refractivity contribution in [3.63, 3.8) is 0 Å². The summed E-state index contributed by atoms with van der Waals surface area (Å²) < 4.78 is 2.04. The molecule has 1 atom stereocenters. The Kier molecular flexibility index (Phi) is 3.66. The summed E-state index contributed by atoms with van der Waals surface area (Å²) in [6.07, 6.45) is 6.72. The van der Waals surface area contributed by atoms with Crippen molar-refractivity contribution in [3.05, 3.63) is 70.7 Å². The number of imidazole rings is 1. The Morgan fingerprint density at radius 2 is 2.09 bits per heavy atom. The van der Waals surface area contributed by atoms with E-state index in [-0.39, 0.29) is 6.61 Å². The van der Waals surface area contributed by atoms with Crippen LogP contribution in [-0.4, -0.2) is 14.5 Å². The fourth-order valence-electron chi connectivity index (χ4n) is 3.97. The van der Waals surface area contributed by atoms with E-state index in [1.165, 1.54) is 36.0 Å². The van der Waals surface area contributed by atoms with Gasteiger partial charge in [0.05, 0.1) is 18.0 Å². The Hall–Kier alpha value is -2.13. The van der Waals surface area contributed by atoms with Gasteiger partial charge in [0.1, 0.15) is 5.65 Å². The van der Waals surface area contributed by atoms with Crippen LogP contribution in [0.25, 0.3) is 5.65 Å². The fourth-order valence-corrected chi connectivity index (χ4v) is 3.97. The van der Waals surface area contributed by atoms with Gasteiger partial charge in [-0.15, -0.1) is 0 Å². The SMILES string of the molecule is Cc1nc2c(CC3CCCc4ccccc43)cccn2c1CO. The first kappa shape index (κ1) is 14.5. The van der Waals surface area contributed by atoms with Crippen LogP contribution in [0.3, 0.4) is 0 Å². The number of aryl methyl sites for hydroxylation is 2. The van der Waals surface area contributed by atoms with Gasteiger partial charge in [-0.3, -0.25) is 0 Å². The Labute approximate surface area is 136 Å². The summed E-state index contributed by atoms with van der Waals surface area (Å²) in [4.78, 5) is 4.71. The van der Waals surface area contributed by atoms with Crippen LogP contribution in [0.2, 0.25) is 0 Å². The predicted molar refractivity (Wildman–Crippen MR) is 91.7 cm³/mol. The zero-order valence-electron chi connectivity index (χ0n) is 13.5. The zero-order chi connectivity index (χ0) is 15.8. The number of hydrogen-bond donors (Lipinski definition) is 1.